The molecule has 0 amide bonds. The van der Waals surface area contributed by atoms with Crippen LogP contribution in [0.15, 0.2) is 40.6 Å². The summed E-state index contributed by atoms with van der Waals surface area (Å²) in [6.45, 7) is 1.25. The summed E-state index contributed by atoms with van der Waals surface area (Å²) in [6.07, 6.45) is -6.06. The molecule has 0 spiro atoms. The molecule has 0 saturated carbocycles. The van der Waals surface area contributed by atoms with Crippen LogP contribution >= 0.6 is 0 Å². The maximum absolute atomic E-state index is 10.2. The highest BCUT2D eigenvalue weighted by Crippen LogP contribution is 2.29. The van der Waals surface area contributed by atoms with Crippen LogP contribution in [0.25, 0.3) is 20.9 Å². The monoisotopic (exact) mass is 526 g/mol. The molecule has 0 bridgehead atoms. The quantitative estimate of drug-likeness (QED) is 0.204. The number of benzene rings is 1. The fourth-order valence-corrected chi connectivity index (χ4v) is 4.11. The zero-order valence-electron chi connectivity index (χ0n) is 20.8. The molecule has 4 unspecified atom stereocenters. The summed E-state index contributed by atoms with van der Waals surface area (Å²) in [6, 6.07) is 7.87. The van der Waals surface area contributed by atoms with Crippen molar-refractivity contribution in [3.05, 3.63) is 56.8 Å². The molecule has 1 aromatic rings. The van der Waals surface area contributed by atoms with Gasteiger partial charge in [-0.2, -0.15) is 0 Å². The van der Waals surface area contributed by atoms with Crippen molar-refractivity contribution >= 4 is 0 Å². The Kier molecular flexibility index (Phi) is 13.0. The van der Waals surface area contributed by atoms with Crippen LogP contribution in [0.3, 0.4) is 0 Å². The fraction of sp³-hybridized carbons (Fsp3) is 0.727. The van der Waals surface area contributed by atoms with Gasteiger partial charge < -0.3 is 44.1 Å². The summed E-state index contributed by atoms with van der Waals surface area (Å²) in [4.78, 5) is 5.41. The van der Waals surface area contributed by atoms with Gasteiger partial charge in [-0.1, -0.05) is 47.5 Å². The molecule has 2 saturated heterocycles. The van der Waals surface area contributed by atoms with Crippen LogP contribution in [-0.2, 0) is 30.3 Å². The minimum atomic E-state index is -1.17. The molecule has 1 aromatic carbocycles. The predicted octanol–water partition coefficient (Wildman–Crippen LogP) is 1.00. The predicted molar refractivity (Wildman–Crippen MR) is 128 cm³/mol. The first-order chi connectivity index (χ1) is 17.9. The first-order valence-corrected chi connectivity index (χ1v) is 11.5. The second-order valence-electron chi connectivity index (χ2n) is 8.41. The highest BCUT2D eigenvalue weighted by molar-refractivity contribution is 5.13. The van der Waals surface area contributed by atoms with Gasteiger partial charge in [0, 0.05) is 30.0 Å². The van der Waals surface area contributed by atoms with E-state index in [0.717, 1.165) is 5.56 Å². The van der Waals surface area contributed by atoms with Gasteiger partial charge in [0.2, 0.25) is 0 Å². The van der Waals surface area contributed by atoms with E-state index in [1.165, 1.54) is 14.2 Å². The lowest BCUT2D eigenvalue weighted by molar-refractivity contribution is -0.279. The molecule has 206 valence electrons. The summed E-state index contributed by atoms with van der Waals surface area (Å²) in [5.41, 5.74) is 18.0. The second-order valence-corrected chi connectivity index (χ2v) is 8.41. The number of rotatable bonds is 9. The number of aliphatic hydroxyl groups is 4. The summed E-state index contributed by atoms with van der Waals surface area (Å²) < 4.78 is 26.7. The average molecular weight is 527 g/mol. The van der Waals surface area contributed by atoms with E-state index in [4.69, 9.17) is 39.9 Å². The molecule has 37 heavy (non-hydrogen) atoms. The molecule has 3 rings (SSSR count). The third kappa shape index (κ3) is 7.98. The van der Waals surface area contributed by atoms with E-state index in [-0.39, 0.29) is 19.1 Å². The van der Waals surface area contributed by atoms with Gasteiger partial charge in [0.15, 0.2) is 12.6 Å². The van der Waals surface area contributed by atoms with Crippen molar-refractivity contribution in [2.24, 2.45) is 16.1 Å². The maximum Gasteiger partial charge on any atom is 0.184 e. The Labute approximate surface area is 213 Å². The Balaban J connectivity index is 0.000000281. The summed E-state index contributed by atoms with van der Waals surface area (Å²) in [7, 11) is 2.88. The zero-order chi connectivity index (χ0) is 27.4. The van der Waals surface area contributed by atoms with E-state index in [1.54, 1.807) is 6.92 Å². The Morgan fingerprint density at radius 1 is 0.865 bits per heavy atom. The van der Waals surface area contributed by atoms with Gasteiger partial charge in [-0.3, -0.25) is 0 Å². The number of hydrogen-bond acceptors (Lipinski definition) is 11. The Morgan fingerprint density at radius 3 is 1.89 bits per heavy atom. The fourth-order valence-electron chi connectivity index (χ4n) is 4.11. The van der Waals surface area contributed by atoms with E-state index in [9.17, 15) is 15.3 Å². The van der Waals surface area contributed by atoms with Crippen molar-refractivity contribution in [3.63, 3.8) is 0 Å². The molecule has 10 atom stereocenters. The van der Waals surface area contributed by atoms with Gasteiger partial charge in [0.1, 0.15) is 18.3 Å². The van der Waals surface area contributed by atoms with Crippen molar-refractivity contribution in [1.29, 1.82) is 0 Å². The van der Waals surface area contributed by atoms with Gasteiger partial charge in [0.05, 0.1) is 44.1 Å². The van der Waals surface area contributed by atoms with Crippen molar-refractivity contribution in [3.8, 4) is 0 Å². The van der Waals surface area contributed by atoms with Crippen LogP contribution in [0, 0.1) is 5.92 Å². The molecular formula is C22H34N6O9. The third-order valence-corrected chi connectivity index (χ3v) is 6.13. The van der Waals surface area contributed by atoms with E-state index in [1.807, 2.05) is 30.3 Å². The molecule has 2 fully saturated rings. The lowest BCUT2D eigenvalue weighted by atomic mass is 9.90. The molecule has 2 heterocycles. The maximum atomic E-state index is 10.2. The second kappa shape index (κ2) is 15.7. The Bertz CT molecular complexity index is 886. The largest absolute Gasteiger partial charge is 0.394 e. The topological polar surface area (TPSA) is 225 Å². The van der Waals surface area contributed by atoms with Gasteiger partial charge in [-0.25, -0.2) is 0 Å². The van der Waals surface area contributed by atoms with E-state index in [2.05, 4.69) is 20.1 Å². The zero-order valence-corrected chi connectivity index (χ0v) is 20.8. The van der Waals surface area contributed by atoms with Crippen LogP contribution in [0.1, 0.15) is 12.5 Å². The number of methoxy groups -OCH3 is 2. The van der Waals surface area contributed by atoms with E-state index < -0.39 is 61.8 Å². The van der Waals surface area contributed by atoms with Crippen molar-refractivity contribution in [2.75, 3.05) is 27.4 Å². The molecule has 0 aromatic heterocycles. The Morgan fingerprint density at radius 2 is 1.38 bits per heavy atom. The van der Waals surface area contributed by atoms with Crippen LogP contribution < -0.4 is 0 Å². The van der Waals surface area contributed by atoms with Crippen LogP contribution in [-0.4, -0.2) is 103 Å². The normalized spacial score (nSPS) is 35.3. The van der Waals surface area contributed by atoms with Gasteiger partial charge in [0.25, 0.3) is 0 Å². The summed E-state index contributed by atoms with van der Waals surface area (Å²) in [5, 5.41) is 45.2. The summed E-state index contributed by atoms with van der Waals surface area (Å²) in [5.74, 6) is -0.260. The van der Waals surface area contributed by atoms with E-state index >= 15 is 0 Å². The molecule has 0 radical (unpaired) electrons. The van der Waals surface area contributed by atoms with Crippen molar-refractivity contribution < 1.29 is 44.1 Å². The number of hydrogen-bond donors (Lipinski definition) is 4. The van der Waals surface area contributed by atoms with Crippen LogP contribution in [0.2, 0.25) is 0 Å². The third-order valence-electron chi connectivity index (χ3n) is 6.13. The molecule has 0 aliphatic carbocycles. The molecular weight excluding hydrogens is 492 g/mol. The van der Waals surface area contributed by atoms with Crippen molar-refractivity contribution in [1.82, 2.24) is 0 Å². The molecule has 4 N–H and O–H groups in total. The molecule has 15 nitrogen and oxygen atoms in total. The lowest BCUT2D eigenvalue weighted by Gasteiger charge is -2.41. The summed E-state index contributed by atoms with van der Waals surface area (Å²) >= 11 is 0. The minimum absolute atomic E-state index is 0.253. The van der Waals surface area contributed by atoms with Gasteiger partial charge in [-0.05, 0) is 16.6 Å². The van der Waals surface area contributed by atoms with Crippen LogP contribution in [0.5, 0.6) is 0 Å². The highest BCUT2D eigenvalue weighted by atomic mass is 16.7. The SMILES string of the molecule is CO[C@@H]1OC(CO)[C@@H](O)[C@H](N=[N+]=[N-])C1OCc1ccccc1.CO[C@H]1OC(CO)[C@@H](O)[C@H](N=[N+]=[N-])C1C. The van der Waals surface area contributed by atoms with Crippen molar-refractivity contribution in [2.45, 2.75) is 68.7 Å². The average Bonchev–Trinajstić information content (AvgIpc) is 2.92. The molecule has 2 aliphatic heterocycles. The first-order valence-electron chi connectivity index (χ1n) is 11.5. The van der Waals surface area contributed by atoms with Gasteiger partial charge >= 0.3 is 0 Å². The lowest BCUT2D eigenvalue weighted by Crippen LogP contribution is -2.59. The number of azide groups is 2. The first kappa shape index (κ1) is 30.7. The Hall–Kier alpha value is -2.52. The number of ether oxygens (including phenoxy) is 5. The highest BCUT2D eigenvalue weighted by Gasteiger charge is 2.46. The standard InChI is InChI=1S/C14H19N3O5.C8H15N3O4/c1-20-14-13(21-8-9-5-3-2-4-6-9)11(16-17-15)12(19)10(7-18)22-14;1-4-6(10-11-9)7(13)5(3-12)15-8(4)14-2/h2-6,10-14,18-19H,7-8H2,1H3;4-8,12-13H,3H2,1-2H3/t10?,11-,12+,13?,14+;4?,5?,6-,7-,8+/m01/s1. The smallest absolute Gasteiger partial charge is 0.184 e. The van der Waals surface area contributed by atoms with E-state index in [0.29, 0.717) is 0 Å². The number of aliphatic hydroxyl groups excluding tert-OH is 4. The minimum Gasteiger partial charge on any atom is -0.394 e. The van der Waals surface area contributed by atoms with Crippen LogP contribution in [0.4, 0.5) is 0 Å². The number of nitrogens with zero attached hydrogens (tertiary/aromatic N) is 6. The van der Waals surface area contributed by atoms with Gasteiger partial charge in [-0.15, -0.1) is 0 Å². The molecule has 15 heteroatoms. The molecule has 2 aliphatic rings.